The molecule has 0 unspecified atom stereocenters. The molecule has 0 aliphatic carbocycles. The molecule has 3 heterocycles. The van der Waals surface area contributed by atoms with Gasteiger partial charge in [-0.3, -0.25) is 4.98 Å². The third-order valence-corrected chi connectivity index (χ3v) is 3.23. The van der Waals surface area contributed by atoms with E-state index in [0.29, 0.717) is 30.6 Å². The van der Waals surface area contributed by atoms with Crippen LogP contribution in [0.1, 0.15) is 12.0 Å². The summed E-state index contributed by atoms with van der Waals surface area (Å²) >= 11 is 0. The number of rotatable bonds is 6. The lowest BCUT2D eigenvalue weighted by atomic mass is 10.2. The van der Waals surface area contributed by atoms with Gasteiger partial charge < -0.3 is 18.9 Å². The van der Waals surface area contributed by atoms with Crippen LogP contribution in [0.2, 0.25) is 0 Å². The average Bonchev–Trinajstić information content (AvgIpc) is 2.53. The van der Waals surface area contributed by atoms with Crippen molar-refractivity contribution < 1.29 is 18.9 Å². The summed E-state index contributed by atoms with van der Waals surface area (Å²) < 4.78 is 21.2. The van der Waals surface area contributed by atoms with Gasteiger partial charge in [0.2, 0.25) is 12.2 Å². The van der Waals surface area contributed by atoms with Crippen molar-refractivity contribution in [2.24, 2.45) is 0 Å². The number of hydrogen-bond donors (Lipinski definition) is 0. The third-order valence-electron chi connectivity index (χ3n) is 3.23. The molecule has 7 heteroatoms. The second-order valence-electron chi connectivity index (χ2n) is 4.77. The molecule has 1 aliphatic rings. The van der Waals surface area contributed by atoms with Crippen LogP contribution in [0.5, 0.6) is 5.88 Å². The zero-order valence-corrected chi connectivity index (χ0v) is 12.4. The molecule has 0 aromatic carbocycles. The largest absolute Gasteiger partial charge is 0.469 e. The number of nitrogens with zero attached hydrogens (tertiary/aromatic N) is 3. The van der Waals surface area contributed by atoms with Crippen LogP contribution in [0, 0.1) is 0 Å². The minimum absolute atomic E-state index is 0.0714. The van der Waals surface area contributed by atoms with Gasteiger partial charge >= 0.3 is 0 Å². The molecule has 0 atom stereocenters. The third kappa shape index (κ3) is 3.22. The molecule has 22 heavy (non-hydrogen) atoms. The van der Waals surface area contributed by atoms with Gasteiger partial charge in [0.05, 0.1) is 18.9 Å². The lowest BCUT2D eigenvalue weighted by molar-refractivity contribution is -0.108. The molecule has 0 amide bonds. The molecule has 0 N–H and O–H groups in total. The second-order valence-corrected chi connectivity index (χ2v) is 4.77. The van der Waals surface area contributed by atoms with Gasteiger partial charge in [-0.2, -0.15) is 4.98 Å². The first-order chi connectivity index (χ1) is 10.8. The minimum Gasteiger partial charge on any atom is -0.469 e. The van der Waals surface area contributed by atoms with Gasteiger partial charge in [-0.15, -0.1) is 0 Å². The van der Waals surface area contributed by atoms with E-state index in [0.717, 1.165) is 5.56 Å². The molecule has 7 nitrogen and oxygen atoms in total. The van der Waals surface area contributed by atoms with Crippen molar-refractivity contribution in [1.82, 2.24) is 15.0 Å². The van der Waals surface area contributed by atoms with Gasteiger partial charge in [0, 0.05) is 38.2 Å². The Kier molecular flexibility index (Phi) is 4.57. The Bertz CT molecular complexity index is 630. The fourth-order valence-corrected chi connectivity index (χ4v) is 2.05. The smallest absolute Gasteiger partial charge is 0.217 e. The van der Waals surface area contributed by atoms with E-state index in [9.17, 15) is 0 Å². The van der Waals surface area contributed by atoms with Gasteiger partial charge in [-0.05, 0) is 12.1 Å². The van der Waals surface area contributed by atoms with E-state index in [-0.39, 0.29) is 6.10 Å². The molecule has 0 spiro atoms. The first kappa shape index (κ1) is 14.8. The topological polar surface area (TPSA) is 75.6 Å². The van der Waals surface area contributed by atoms with Crippen molar-refractivity contribution >= 4 is 0 Å². The van der Waals surface area contributed by atoms with Gasteiger partial charge in [0.25, 0.3) is 0 Å². The maximum atomic E-state index is 5.69. The Morgan fingerprint density at radius 3 is 2.59 bits per heavy atom. The normalized spacial score (nSPS) is 14.9. The van der Waals surface area contributed by atoms with Crippen molar-refractivity contribution in [2.45, 2.75) is 12.4 Å². The molecular weight excluding hydrogens is 286 g/mol. The van der Waals surface area contributed by atoms with E-state index in [4.69, 9.17) is 18.9 Å². The van der Waals surface area contributed by atoms with Gasteiger partial charge in [0.15, 0.2) is 5.82 Å². The lowest BCUT2D eigenvalue weighted by Gasteiger charge is -2.26. The standard InChI is InChI=1S/C15H17N3O4/c1-19-15(20-2)12-7-10(3-5-16-12)14-17-6-4-13(18-14)22-11-8-21-9-11/h3-7,11,15H,8-9H2,1-2H3. The number of pyridine rings is 1. The monoisotopic (exact) mass is 303 g/mol. The first-order valence-corrected chi connectivity index (χ1v) is 6.89. The van der Waals surface area contributed by atoms with Crippen LogP contribution in [0.25, 0.3) is 11.4 Å². The van der Waals surface area contributed by atoms with E-state index >= 15 is 0 Å². The Labute approximate surface area is 128 Å². The van der Waals surface area contributed by atoms with Crippen molar-refractivity contribution in [3.05, 3.63) is 36.3 Å². The Morgan fingerprint density at radius 2 is 1.91 bits per heavy atom. The van der Waals surface area contributed by atoms with E-state index in [2.05, 4.69) is 15.0 Å². The van der Waals surface area contributed by atoms with Crippen LogP contribution in [-0.4, -0.2) is 48.5 Å². The molecule has 2 aromatic rings. The van der Waals surface area contributed by atoms with E-state index in [1.807, 2.05) is 12.1 Å². The highest BCUT2D eigenvalue weighted by Gasteiger charge is 2.21. The van der Waals surface area contributed by atoms with Crippen LogP contribution in [0.3, 0.4) is 0 Å². The molecule has 0 bridgehead atoms. The quantitative estimate of drug-likeness (QED) is 0.750. The van der Waals surface area contributed by atoms with E-state index in [1.165, 1.54) is 0 Å². The van der Waals surface area contributed by atoms with E-state index < -0.39 is 6.29 Å². The fourth-order valence-electron chi connectivity index (χ4n) is 2.05. The number of methoxy groups -OCH3 is 2. The first-order valence-electron chi connectivity index (χ1n) is 6.89. The summed E-state index contributed by atoms with van der Waals surface area (Å²) in [5.41, 5.74) is 1.48. The molecule has 1 fully saturated rings. The van der Waals surface area contributed by atoms with Crippen LogP contribution in [0.15, 0.2) is 30.6 Å². The summed E-state index contributed by atoms with van der Waals surface area (Å²) in [4.78, 5) is 12.9. The summed E-state index contributed by atoms with van der Waals surface area (Å²) in [6.07, 6.45) is 2.89. The Hall–Kier alpha value is -2.09. The van der Waals surface area contributed by atoms with Gasteiger partial charge in [-0.1, -0.05) is 0 Å². The summed E-state index contributed by atoms with van der Waals surface area (Å²) in [6.45, 7) is 1.20. The van der Waals surface area contributed by atoms with E-state index in [1.54, 1.807) is 32.7 Å². The SMILES string of the molecule is COC(OC)c1cc(-c2nccc(OC3COC3)n2)ccn1. The van der Waals surface area contributed by atoms with Crippen LogP contribution >= 0.6 is 0 Å². The van der Waals surface area contributed by atoms with Crippen molar-refractivity contribution in [3.8, 4) is 17.3 Å². The van der Waals surface area contributed by atoms with Crippen LogP contribution in [-0.2, 0) is 14.2 Å². The highest BCUT2D eigenvalue weighted by atomic mass is 16.7. The highest BCUT2D eigenvalue weighted by Crippen LogP contribution is 2.22. The Morgan fingerprint density at radius 1 is 1.14 bits per heavy atom. The molecule has 1 aliphatic heterocycles. The highest BCUT2D eigenvalue weighted by molar-refractivity contribution is 5.55. The maximum Gasteiger partial charge on any atom is 0.217 e. The van der Waals surface area contributed by atoms with Gasteiger partial charge in [0.1, 0.15) is 6.10 Å². The Balaban J connectivity index is 1.83. The number of ether oxygens (including phenoxy) is 4. The lowest BCUT2D eigenvalue weighted by Crippen LogP contribution is -2.38. The fraction of sp³-hybridized carbons (Fsp3) is 0.400. The molecule has 0 saturated carbocycles. The average molecular weight is 303 g/mol. The summed E-state index contributed by atoms with van der Waals surface area (Å²) in [5.74, 6) is 1.10. The van der Waals surface area contributed by atoms with Crippen molar-refractivity contribution in [3.63, 3.8) is 0 Å². The molecule has 1 saturated heterocycles. The second kappa shape index (κ2) is 6.78. The maximum absolute atomic E-state index is 5.69. The number of hydrogen-bond acceptors (Lipinski definition) is 7. The molecule has 2 aromatic heterocycles. The van der Waals surface area contributed by atoms with Crippen LogP contribution in [0.4, 0.5) is 0 Å². The van der Waals surface area contributed by atoms with Gasteiger partial charge in [-0.25, -0.2) is 4.98 Å². The predicted octanol–water partition coefficient (Wildman–Crippen LogP) is 1.61. The van der Waals surface area contributed by atoms with Crippen LogP contribution < -0.4 is 4.74 Å². The van der Waals surface area contributed by atoms with Crippen molar-refractivity contribution in [2.75, 3.05) is 27.4 Å². The zero-order chi connectivity index (χ0) is 15.4. The number of aromatic nitrogens is 3. The molecule has 116 valence electrons. The summed E-state index contributed by atoms with van der Waals surface area (Å²) in [5, 5.41) is 0. The summed E-state index contributed by atoms with van der Waals surface area (Å²) in [7, 11) is 3.13. The molecule has 3 rings (SSSR count). The molecule has 0 radical (unpaired) electrons. The molecular formula is C15H17N3O4. The predicted molar refractivity (Wildman–Crippen MR) is 77.3 cm³/mol. The van der Waals surface area contributed by atoms with Crippen molar-refractivity contribution in [1.29, 1.82) is 0 Å². The minimum atomic E-state index is -0.522. The zero-order valence-electron chi connectivity index (χ0n) is 12.4. The summed E-state index contributed by atoms with van der Waals surface area (Å²) in [6, 6.07) is 5.40.